The van der Waals surface area contributed by atoms with Crippen molar-refractivity contribution < 1.29 is 24.0 Å². The van der Waals surface area contributed by atoms with Gasteiger partial charge in [0.15, 0.2) is 0 Å². The smallest absolute Gasteiger partial charge is 0.469 e. The molecule has 5 N–H and O–H groups in total. The third-order valence-corrected chi connectivity index (χ3v) is 6.18. The van der Waals surface area contributed by atoms with Crippen molar-refractivity contribution >= 4 is 31.2 Å². The Bertz CT molecular complexity index is 920. The average molecular weight is 458 g/mol. The van der Waals surface area contributed by atoms with Gasteiger partial charge in [-0.2, -0.15) is 0 Å². The van der Waals surface area contributed by atoms with E-state index < -0.39 is 13.4 Å². The molecular formula is C20H25ClNO5PS. The van der Waals surface area contributed by atoms with E-state index in [-0.39, 0.29) is 12.4 Å². The Morgan fingerprint density at radius 3 is 2.66 bits per heavy atom. The van der Waals surface area contributed by atoms with Gasteiger partial charge in [-0.1, -0.05) is 41.6 Å². The first kappa shape index (κ1) is 24.0. The fourth-order valence-corrected chi connectivity index (χ4v) is 4.49. The van der Waals surface area contributed by atoms with Crippen LogP contribution in [-0.4, -0.2) is 27.0 Å². The fraction of sp³-hybridized carbons (Fsp3) is 0.300. The first-order valence-electron chi connectivity index (χ1n) is 8.87. The van der Waals surface area contributed by atoms with E-state index in [1.807, 2.05) is 37.3 Å². The third-order valence-electron chi connectivity index (χ3n) is 4.33. The Labute approximate surface area is 180 Å². The highest BCUT2D eigenvalue weighted by atomic mass is 35.5. The molecule has 0 fully saturated rings. The molecule has 158 valence electrons. The van der Waals surface area contributed by atoms with Crippen molar-refractivity contribution in [2.75, 3.05) is 6.61 Å². The largest absolute Gasteiger partial charge is 0.507 e. The van der Waals surface area contributed by atoms with Gasteiger partial charge in [0.1, 0.15) is 5.75 Å². The van der Waals surface area contributed by atoms with Crippen LogP contribution >= 0.6 is 31.2 Å². The van der Waals surface area contributed by atoms with Crippen LogP contribution in [0.4, 0.5) is 0 Å². The number of hydrogen-bond donors (Lipinski definition) is 4. The highest BCUT2D eigenvalue weighted by molar-refractivity contribution is 7.99. The normalized spacial score (nSPS) is 13.8. The van der Waals surface area contributed by atoms with Crippen LogP contribution in [0.15, 0.2) is 58.8 Å². The summed E-state index contributed by atoms with van der Waals surface area (Å²) in [4.78, 5) is 19.5. The predicted octanol–water partition coefficient (Wildman–Crippen LogP) is 4.82. The van der Waals surface area contributed by atoms with Crippen LogP contribution in [0, 0.1) is 6.92 Å². The van der Waals surface area contributed by atoms with E-state index in [4.69, 9.17) is 27.1 Å². The maximum Gasteiger partial charge on any atom is 0.469 e. The standard InChI is InChI=1S/C20H25ClNO5PS/c1-3-9-20(22,13-27-28(24,25)26)10-8-15-5-6-16(12-17(15)21)29-19-11-14(2)4-7-18(19)23/h3-7,11-12,23H,1,8-10,13,22H2,2H3,(H2,24,25,26)/t20-/m0/s1. The second-order valence-electron chi connectivity index (χ2n) is 6.95. The van der Waals surface area contributed by atoms with Crippen molar-refractivity contribution in [2.24, 2.45) is 5.73 Å². The SMILES string of the molecule is C=CC[C@](N)(CCc1ccc(Sc2cc(C)ccc2O)cc1Cl)COP(=O)(O)O. The molecule has 0 unspecified atom stereocenters. The maximum atomic E-state index is 11.0. The number of phenolic OH excluding ortho intramolecular Hbond substituents is 1. The zero-order valence-electron chi connectivity index (χ0n) is 16.0. The zero-order chi connectivity index (χ0) is 21.7. The van der Waals surface area contributed by atoms with Gasteiger partial charge in [0, 0.05) is 15.5 Å². The van der Waals surface area contributed by atoms with Gasteiger partial charge in [0.05, 0.1) is 11.5 Å². The Balaban J connectivity index is 2.08. The van der Waals surface area contributed by atoms with Gasteiger partial charge in [-0.25, -0.2) is 4.57 Å². The van der Waals surface area contributed by atoms with Crippen molar-refractivity contribution in [2.45, 2.75) is 41.5 Å². The maximum absolute atomic E-state index is 11.0. The Morgan fingerprint density at radius 1 is 1.31 bits per heavy atom. The summed E-state index contributed by atoms with van der Waals surface area (Å²) in [5, 5.41) is 10.6. The summed E-state index contributed by atoms with van der Waals surface area (Å²) in [6, 6.07) is 11.0. The lowest BCUT2D eigenvalue weighted by Gasteiger charge is -2.28. The molecule has 1 atom stereocenters. The van der Waals surface area contributed by atoms with Gasteiger partial charge in [0.2, 0.25) is 0 Å². The van der Waals surface area contributed by atoms with E-state index in [2.05, 4.69) is 11.1 Å². The van der Waals surface area contributed by atoms with Crippen molar-refractivity contribution in [1.82, 2.24) is 0 Å². The molecule has 2 rings (SSSR count). The number of halogens is 1. The lowest BCUT2D eigenvalue weighted by atomic mass is 9.90. The highest BCUT2D eigenvalue weighted by Crippen LogP contribution is 2.38. The molecule has 0 aliphatic carbocycles. The molecule has 0 aliphatic rings. The van der Waals surface area contributed by atoms with E-state index in [0.29, 0.717) is 24.3 Å². The van der Waals surface area contributed by atoms with Crippen molar-refractivity contribution in [3.63, 3.8) is 0 Å². The first-order valence-corrected chi connectivity index (χ1v) is 11.6. The first-order chi connectivity index (χ1) is 13.5. The summed E-state index contributed by atoms with van der Waals surface area (Å²) in [5.41, 5.74) is 7.21. The molecule has 0 aliphatic heterocycles. The minimum atomic E-state index is -4.60. The number of rotatable bonds is 10. The zero-order valence-corrected chi connectivity index (χ0v) is 18.5. The predicted molar refractivity (Wildman–Crippen MR) is 116 cm³/mol. The number of aryl methyl sites for hydroxylation is 2. The van der Waals surface area contributed by atoms with E-state index >= 15 is 0 Å². The van der Waals surface area contributed by atoms with Crippen molar-refractivity contribution in [3.8, 4) is 5.75 Å². The van der Waals surface area contributed by atoms with Crippen LogP contribution in [0.2, 0.25) is 5.02 Å². The molecule has 0 aromatic heterocycles. The van der Waals surface area contributed by atoms with Crippen LogP contribution in [0.1, 0.15) is 24.0 Å². The van der Waals surface area contributed by atoms with Gasteiger partial charge in [-0.3, -0.25) is 4.52 Å². The molecule has 2 aromatic rings. The molecule has 6 nitrogen and oxygen atoms in total. The number of nitrogens with two attached hydrogens (primary N) is 1. The molecule has 0 bridgehead atoms. The number of benzene rings is 2. The summed E-state index contributed by atoms with van der Waals surface area (Å²) >= 11 is 7.84. The molecule has 0 amide bonds. The van der Waals surface area contributed by atoms with Crippen LogP contribution in [0.5, 0.6) is 5.75 Å². The van der Waals surface area contributed by atoms with E-state index in [1.54, 1.807) is 12.1 Å². The number of aromatic hydroxyl groups is 1. The number of hydrogen-bond acceptors (Lipinski definition) is 5. The summed E-state index contributed by atoms with van der Waals surface area (Å²) < 4.78 is 15.6. The molecule has 29 heavy (non-hydrogen) atoms. The molecule has 0 heterocycles. The summed E-state index contributed by atoms with van der Waals surface area (Å²) in [6.45, 7) is 5.31. The highest BCUT2D eigenvalue weighted by Gasteiger charge is 2.28. The van der Waals surface area contributed by atoms with Gasteiger partial charge in [0.25, 0.3) is 0 Å². The molecule has 9 heteroatoms. The molecular weight excluding hydrogens is 433 g/mol. The lowest BCUT2D eigenvalue weighted by molar-refractivity contribution is 0.148. The second kappa shape index (κ2) is 10.1. The summed E-state index contributed by atoms with van der Waals surface area (Å²) in [5.74, 6) is 0.211. The number of phenols is 1. The molecule has 0 saturated heterocycles. The number of phosphoric acid groups is 1. The quantitative estimate of drug-likeness (QED) is 0.299. The van der Waals surface area contributed by atoms with Crippen molar-refractivity contribution in [1.29, 1.82) is 0 Å². The van der Waals surface area contributed by atoms with Gasteiger partial charge >= 0.3 is 7.82 Å². The topological polar surface area (TPSA) is 113 Å². The summed E-state index contributed by atoms with van der Waals surface area (Å²) in [6.07, 6.45) is 2.85. The van der Waals surface area contributed by atoms with Crippen LogP contribution in [-0.2, 0) is 15.5 Å². The Kier molecular flexibility index (Phi) is 8.37. The minimum absolute atomic E-state index is 0.211. The van der Waals surface area contributed by atoms with E-state index in [0.717, 1.165) is 20.9 Å². The lowest BCUT2D eigenvalue weighted by Crippen LogP contribution is -2.44. The monoisotopic (exact) mass is 457 g/mol. The minimum Gasteiger partial charge on any atom is -0.507 e. The second-order valence-corrected chi connectivity index (χ2v) is 9.71. The van der Waals surface area contributed by atoms with Crippen LogP contribution in [0.25, 0.3) is 0 Å². The molecule has 0 radical (unpaired) electrons. The van der Waals surface area contributed by atoms with Crippen LogP contribution in [0.3, 0.4) is 0 Å². The van der Waals surface area contributed by atoms with E-state index in [9.17, 15) is 9.67 Å². The fourth-order valence-electron chi connectivity index (χ4n) is 2.74. The number of phosphoric ester groups is 1. The van der Waals surface area contributed by atoms with Crippen LogP contribution < -0.4 is 5.73 Å². The Hall–Kier alpha value is -1.31. The molecule has 2 aromatic carbocycles. The molecule has 0 saturated carbocycles. The Morgan fingerprint density at radius 2 is 2.03 bits per heavy atom. The average Bonchev–Trinajstić information content (AvgIpc) is 2.62. The van der Waals surface area contributed by atoms with Crippen molar-refractivity contribution in [3.05, 3.63) is 65.2 Å². The molecule has 0 spiro atoms. The summed E-state index contributed by atoms with van der Waals surface area (Å²) in [7, 11) is -4.60. The van der Waals surface area contributed by atoms with Gasteiger partial charge < -0.3 is 20.6 Å². The van der Waals surface area contributed by atoms with Gasteiger partial charge in [-0.05, 0) is 61.6 Å². The van der Waals surface area contributed by atoms with E-state index in [1.165, 1.54) is 11.8 Å². The van der Waals surface area contributed by atoms with Gasteiger partial charge in [-0.15, -0.1) is 6.58 Å². The third kappa shape index (κ3) is 7.79.